The fourth-order valence-electron chi connectivity index (χ4n) is 3.10. The highest BCUT2D eigenvalue weighted by Gasteiger charge is 2.56. The van der Waals surface area contributed by atoms with Gasteiger partial charge in [0.2, 0.25) is 0 Å². The average Bonchev–Trinajstić information content (AvgIpc) is 2.43. The van der Waals surface area contributed by atoms with Crippen LogP contribution in [0.4, 0.5) is 0 Å². The van der Waals surface area contributed by atoms with E-state index in [9.17, 15) is 4.79 Å². The van der Waals surface area contributed by atoms with E-state index in [1.165, 1.54) is 0 Å². The number of hydrogen-bond acceptors (Lipinski definition) is 3. The van der Waals surface area contributed by atoms with Crippen molar-refractivity contribution in [3.05, 3.63) is 0 Å². The van der Waals surface area contributed by atoms with Gasteiger partial charge in [0.15, 0.2) is 10.8 Å². The Kier molecular flexibility index (Phi) is 3.30. The summed E-state index contributed by atoms with van der Waals surface area (Å²) in [5, 5.41) is 3.94. The number of nitrogens with one attached hydrogen (secondary N) is 1. The zero-order chi connectivity index (χ0) is 13.6. The molecule has 0 radical (unpaired) electrons. The van der Waals surface area contributed by atoms with E-state index in [0.717, 1.165) is 25.7 Å². The van der Waals surface area contributed by atoms with Gasteiger partial charge in [-0.05, 0) is 39.4 Å². The minimum atomic E-state index is -0.582. The summed E-state index contributed by atoms with van der Waals surface area (Å²) in [6.45, 7) is 8.24. The van der Waals surface area contributed by atoms with Crippen LogP contribution in [-0.2, 0) is 9.53 Å². The second kappa shape index (κ2) is 4.37. The Labute approximate surface area is 114 Å². The van der Waals surface area contributed by atoms with Crippen LogP contribution in [0.5, 0.6) is 0 Å². The van der Waals surface area contributed by atoms with Crippen molar-refractivity contribution in [1.29, 1.82) is 0 Å². The largest absolute Gasteiger partial charge is 0.437 e. The molecule has 2 aliphatic rings. The van der Waals surface area contributed by atoms with Crippen LogP contribution in [0.2, 0.25) is 0 Å². The smallest absolute Gasteiger partial charge is 0.331 e. The first-order valence-electron chi connectivity index (χ1n) is 6.63. The summed E-state index contributed by atoms with van der Waals surface area (Å²) in [5.41, 5.74) is -0.719. The molecule has 0 aromatic carbocycles. The fourth-order valence-corrected chi connectivity index (χ4v) is 3.70. The molecule has 2 atom stereocenters. The summed E-state index contributed by atoms with van der Waals surface area (Å²) < 4.78 is 5.63. The molecule has 2 heterocycles. The van der Waals surface area contributed by atoms with Gasteiger partial charge in [-0.25, -0.2) is 4.79 Å². The first-order chi connectivity index (χ1) is 8.29. The van der Waals surface area contributed by atoms with E-state index >= 15 is 0 Å². The maximum Gasteiger partial charge on any atom is 0.331 e. The van der Waals surface area contributed by atoms with Gasteiger partial charge in [0.1, 0.15) is 6.04 Å². The lowest BCUT2D eigenvalue weighted by atomic mass is 9.90. The molecule has 2 rings (SSSR count). The third-order valence-corrected chi connectivity index (χ3v) is 3.98. The summed E-state index contributed by atoms with van der Waals surface area (Å²) in [4.78, 5) is 14.0. The molecule has 1 N–H and O–H groups in total. The third-order valence-electron chi connectivity index (χ3n) is 3.68. The van der Waals surface area contributed by atoms with Gasteiger partial charge in [-0.15, -0.1) is 0 Å². The van der Waals surface area contributed by atoms with E-state index in [2.05, 4.69) is 26.1 Å². The molecule has 102 valence electrons. The molecule has 0 saturated carbocycles. The van der Waals surface area contributed by atoms with Gasteiger partial charge in [-0.2, -0.15) is 0 Å². The molecule has 0 aromatic heterocycles. The molecular formula is C13H22N2O2S. The molecule has 0 amide bonds. The average molecular weight is 270 g/mol. The van der Waals surface area contributed by atoms with Gasteiger partial charge >= 0.3 is 5.97 Å². The summed E-state index contributed by atoms with van der Waals surface area (Å²) in [7, 11) is 0. The van der Waals surface area contributed by atoms with Crippen LogP contribution in [0.25, 0.3) is 0 Å². The van der Waals surface area contributed by atoms with Gasteiger partial charge in [0, 0.05) is 12.0 Å². The lowest BCUT2D eigenvalue weighted by Crippen LogP contribution is -2.66. The lowest BCUT2D eigenvalue weighted by Gasteiger charge is -2.48. The van der Waals surface area contributed by atoms with E-state index < -0.39 is 5.72 Å². The number of esters is 1. The fraction of sp³-hybridized carbons (Fsp3) is 0.846. The quantitative estimate of drug-likeness (QED) is 0.629. The van der Waals surface area contributed by atoms with Gasteiger partial charge < -0.3 is 10.1 Å². The van der Waals surface area contributed by atoms with E-state index in [4.69, 9.17) is 17.0 Å². The highest BCUT2D eigenvalue weighted by Crippen LogP contribution is 2.40. The lowest BCUT2D eigenvalue weighted by molar-refractivity contribution is -0.153. The Bertz CT molecular complexity index is 383. The molecular weight excluding hydrogens is 248 g/mol. The summed E-state index contributed by atoms with van der Waals surface area (Å²) in [6, 6.07) is -0.217. The number of rotatable bonds is 3. The number of carbonyl (C=O) groups is 1. The Morgan fingerprint density at radius 1 is 1.50 bits per heavy atom. The minimum absolute atomic E-state index is 0.132. The van der Waals surface area contributed by atoms with E-state index in [1.54, 1.807) is 0 Å². The SMILES string of the molecule is CCCC[C@H]1C(=O)O[C@]2(C)CC(C)(C)NC(=S)N12. The van der Waals surface area contributed by atoms with Crippen molar-refractivity contribution in [2.45, 2.75) is 70.7 Å². The van der Waals surface area contributed by atoms with Crippen LogP contribution >= 0.6 is 12.2 Å². The molecule has 0 spiro atoms. The second-order valence-corrected chi connectivity index (χ2v) is 6.50. The monoisotopic (exact) mass is 270 g/mol. The molecule has 18 heavy (non-hydrogen) atoms. The number of thiocarbonyl (C=S) groups is 1. The number of fused-ring (bicyclic) bond motifs is 1. The Morgan fingerprint density at radius 3 is 2.78 bits per heavy atom. The minimum Gasteiger partial charge on any atom is -0.437 e. The maximum atomic E-state index is 12.1. The number of carbonyl (C=O) groups excluding carboxylic acids is 1. The molecule has 0 bridgehead atoms. The van der Waals surface area contributed by atoms with Crippen LogP contribution in [-0.4, -0.2) is 33.3 Å². The predicted octanol–water partition coefficient (Wildman–Crippen LogP) is 2.18. The topological polar surface area (TPSA) is 41.6 Å². The number of hydrogen-bond donors (Lipinski definition) is 1. The van der Waals surface area contributed by atoms with E-state index in [-0.39, 0.29) is 17.6 Å². The molecule has 2 fully saturated rings. The van der Waals surface area contributed by atoms with Crippen molar-refractivity contribution < 1.29 is 9.53 Å². The zero-order valence-corrected chi connectivity index (χ0v) is 12.4. The normalized spacial score (nSPS) is 34.0. The van der Waals surface area contributed by atoms with Crippen LogP contribution in [0.1, 0.15) is 53.4 Å². The van der Waals surface area contributed by atoms with E-state index in [1.807, 2.05) is 11.8 Å². The van der Waals surface area contributed by atoms with Crippen molar-refractivity contribution in [1.82, 2.24) is 10.2 Å². The standard InChI is InChI=1S/C13H22N2O2S/c1-5-6-7-9-10(16)17-13(4)8-12(2,3)14-11(18)15(9)13/h9H,5-8H2,1-4H3,(H,14,18)/t9-,13+/m0/s1. The third kappa shape index (κ3) is 2.20. The number of unbranched alkanes of at least 4 members (excludes halogenated alkanes) is 1. The highest BCUT2D eigenvalue weighted by molar-refractivity contribution is 7.80. The van der Waals surface area contributed by atoms with Crippen LogP contribution < -0.4 is 5.32 Å². The van der Waals surface area contributed by atoms with Crippen molar-refractivity contribution in [3.63, 3.8) is 0 Å². The van der Waals surface area contributed by atoms with E-state index in [0.29, 0.717) is 5.11 Å². The number of nitrogens with zero attached hydrogens (tertiary/aromatic N) is 1. The van der Waals surface area contributed by atoms with Gasteiger partial charge in [0.05, 0.1) is 0 Å². The van der Waals surface area contributed by atoms with Crippen molar-refractivity contribution in [3.8, 4) is 0 Å². The predicted molar refractivity (Wildman–Crippen MR) is 74.1 cm³/mol. The van der Waals surface area contributed by atoms with Crippen molar-refractivity contribution in [2.24, 2.45) is 0 Å². The summed E-state index contributed by atoms with van der Waals surface area (Å²) >= 11 is 5.43. The summed E-state index contributed by atoms with van der Waals surface area (Å²) in [5.74, 6) is -0.132. The first kappa shape index (κ1) is 13.6. The Balaban J connectivity index is 2.25. The van der Waals surface area contributed by atoms with Crippen LogP contribution in [0.3, 0.4) is 0 Å². The molecule has 5 heteroatoms. The van der Waals surface area contributed by atoms with Crippen LogP contribution in [0.15, 0.2) is 0 Å². The summed E-state index contributed by atoms with van der Waals surface area (Å²) in [6.07, 6.45) is 3.64. The molecule has 4 nitrogen and oxygen atoms in total. The molecule has 0 unspecified atom stereocenters. The van der Waals surface area contributed by atoms with Crippen LogP contribution in [0, 0.1) is 0 Å². The Morgan fingerprint density at radius 2 is 2.17 bits per heavy atom. The maximum absolute atomic E-state index is 12.1. The molecule has 2 aliphatic heterocycles. The highest BCUT2D eigenvalue weighted by atomic mass is 32.1. The Hall–Kier alpha value is -0.840. The van der Waals surface area contributed by atoms with Gasteiger partial charge in [-0.1, -0.05) is 19.8 Å². The van der Waals surface area contributed by atoms with Gasteiger partial charge in [0.25, 0.3) is 0 Å². The zero-order valence-electron chi connectivity index (χ0n) is 11.6. The number of ether oxygens (including phenoxy) is 1. The van der Waals surface area contributed by atoms with Crippen molar-refractivity contribution >= 4 is 23.3 Å². The molecule has 0 aliphatic carbocycles. The van der Waals surface area contributed by atoms with Crippen molar-refractivity contribution in [2.75, 3.05) is 0 Å². The van der Waals surface area contributed by atoms with Gasteiger partial charge in [-0.3, -0.25) is 4.90 Å². The molecule has 2 saturated heterocycles. The first-order valence-corrected chi connectivity index (χ1v) is 7.04. The second-order valence-electron chi connectivity index (χ2n) is 6.11. The molecule has 0 aromatic rings.